The Bertz CT molecular complexity index is 1420. The number of rotatable bonds is 6. The van der Waals surface area contributed by atoms with Gasteiger partial charge in [0.05, 0.1) is 23.6 Å². The highest BCUT2D eigenvalue weighted by Gasteiger charge is 2.17. The van der Waals surface area contributed by atoms with Crippen LogP contribution in [0.3, 0.4) is 0 Å². The van der Waals surface area contributed by atoms with Crippen LogP contribution in [0.4, 0.5) is 10.1 Å². The highest BCUT2D eigenvalue weighted by molar-refractivity contribution is 7.45. The molecule has 0 spiro atoms. The molecule has 3 aromatic heterocycles. The molecule has 11 heteroatoms. The highest BCUT2D eigenvalue weighted by atomic mass is 31.2. The molecule has 3 heterocycles. The van der Waals surface area contributed by atoms with Crippen LogP contribution in [0.15, 0.2) is 41.2 Å². The Labute approximate surface area is 195 Å². The number of carbonyl (C=O) groups is 1. The minimum absolute atomic E-state index is 0.104. The maximum atomic E-state index is 14.6. The van der Waals surface area contributed by atoms with Crippen molar-refractivity contribution in [1.29, 1.82) is 0 Å². The van der Waals surface area contributed by atoms with Gasteiger partial charge >= 0.3 is 0 Å². The molecule has 0 aliphatic carbocycles. The van der Waals surface area contributed by atoms with Gasteiger partial charge in [-0.25, -0.2) is 19.3 Å². The van der Waals surface area contributed by atoms with Crippen molar-refractivity contribution < 1.29 is 23.0 Å². The average molecular weight is 481 g/mol. The summed E-state index contributed by atoms with van der Waals surface area (Å²) in [4.78, 5) is 34.4. The number of carbonyl (C=O) groups excluding carboxylic acids is 1. The Morgan fingerprint density at radius 1 is 1.32 bits per heavy atom. The summed E-state index contributed by atoms with van der Waals surface area (Å²) in [5.41, 5.74) is 2.06. The van der Waals surface area contributed by atoms with E-state index >= 15 is 0 Å². The first kappa shape index (κ1) is 23.5. The average Bonchev–Trinajstić information content (AvgIpc) is 3.36. The van der Waals surface area contributed by atoms with Crippen LogP contribution in [0.25, 0.3) is 17.0 Å². The third-order valence-electron chi connectivity index (χ3n) is 4.66. The van der Waals surface area contributed by atoms with E-state index in [1.165, 1.54) is 18.2 Å². The minimum atomic E-state index is -1.39. The molecule has 4 aromatic rings. The Balaban J connectivity index is 1.55. The number of fused-ring (bicyclic) bond motifs is 1. The molecule has 0 aliphatic rings. The third kappa shape index (κ3) is 5.46. The number of anilines is 1. The van der Waals surface area contributed by atoms with Crippen molar-refractivity contribution in [2.24, 2.45) is 0 Å². The topological polar surface area (TPSA) is 115 Å². The summed E-state index contributed by atoms with van der Waals surface area (Å²) in [5, 5.41) is 2.70. The molecule has 174 valence electrons. The van der Waals surface area contributed by atoms with Gasteiger partial charge in [-0.3, -0.25) is 9.20 Å². The van der Waals surface area contributed by atoms with E-state index in [1.807, 2.05) is 0 Å². The molecule has 1 atom stereocenters. The number of nitrogens with one attached hydrogen (secondary N) is 1. The Morgan fingerprint density at radius 3 is 2.88 bits per heavy atom. The van der Waals surface area contributed by atoms with E-state index < -0.39 is 20.1 Å². The lowest BCUT2D eigenvalue weighted by Gasteiger charge is -2.06. The Kier molecular flexibility index (Phi) is 6.98. The molecule has 2 N–H and O–H groups in total. The standard InChI is InChI=1S/C23H21FN5O4P/c1-14-21(33-15(2)26-14)22(30)27-17-7-8-19(24)18(10-17)20-13-29-12-16(11-25-23(29)28-20)6-4-5-9-32-34(3)31/h7-8,10-13,31H,5,9H2,1-3H3,(H,27,30). The summed E-state index contributed by atoms with van der Waals surface area (Å²) in [6.45, 7) is 5.27. The molecule has 0 fully saturated rings. The van der Waals surface area contributed by atoms with E-state index in [1.54, 1.807) is 43.5 Å². The van der Waals surface area contributed by atoms with Crippen LogP contribution in [0, 0.1) is 31.5 Å². The molecule has 4 rings (SSSR count). The second-order valence-corrected chi connectivity index (χ2v) is 8.51. The van der Waals surface area contributed by atoms with Gasteiger partial charge in [-0.05, 0) is 25.1 Å². The van der Waals surface area contributed by atoms with Crippen LogP contribution in [-0.2, 0) is 4.52 Å². The summed E-state index contributed by atoms with van der Waals surface area (Å²) in [6.07, 6.45) is 5.43. The monoisotopic (exact) mass is 481 g/mol. The number of imidazole rings is 1. The normalized spacial score (nSPS) is 11.8. The first-order chi connectivity index (χ1) is 16.3. The molecular formula is C23H21FN5O4P. The van der Waals surface area contributed by atoms with E-state index in [4.69, 9.17) is 13.8 Å². The molecular weight excluding hydrogens is 460 g/mol. The predicted molar refractivity (Wildman–Crippen MR) is 125 cm³/mol. The number of nitrogens with zero attached hydrogens (tertiary/aromatic N) is 4. The lowest BCUT2D eigenvalue weighted by atomic mass is 10.1. The number of benzene rings is 1. The summed E-state index contributed by atoms with van der Waals surface area (Å²) in [7, 11) is -1.39. The number of hydrogen-bond donors (Lipinski definition) is 2. The van der Waals surface area contributed by atoms with Gasteiger partial charge in [0, 0.05) is 49.9 Å². The zero-order chi connectivity index (χ0) is 24.2. The zero-order valence-corrected chi connectivity index (χ0v) is 19.6. The molecule has 1 unspecified atom stereocenters. The molecule has 0 saturated carbocycles. The van der Waals surface area contributed by atoms with Gasteiger partial charge in [0.25, 0.3) is 5.91 Å². The Morgan fingerprint density at radius 2 is 2.15 bits per heavy atom. The molecule has 1 aromatic carbocycles. The van der Waals surface area contributed by atoms with Gasteiger partial charge in [0.15, 0.2) is 14.3 Å². The second kappa shape index (κ2) is 10.1. The van der Waals surface area contributed by atoms with Crippen LogP contribution < -0.4 is 5.32 Å². The van der Waals surface area contributed by atoms with Crippen LogP contribution in [-0.4, -0.2) is 43.4 Å². The van der Waals surface area contributed by atoms with Crippen molar-refractivity contribution in [1.82, 2.24) is 19.4 Å². The number of oxazole rings is 1. The fourth-order valence-corrected chi connectivity index (χ4v) is 3.56. The molecule has 9 nitrogen and oxygen atoms in total. The van der Waals surface area contributed by atoms with Crippen molar-refractivity contribution in [3.8, 4) is 23.1 Å². The van der Waals surface area contributed by atoms with Crippen LogP contribution in [0.1, 0.15) is 34.1 Å². The summed E-state index contributed by atoms with van der Waals surface area (Å²) in [5.74, 6) is 5.82. The number of halogens is 1. The van der Waals surface area contributed by atoms with E-state index in [9.17, 15) is 9.18 Å². The molecule has 0 bridgehead atoms. The van der Waals surface area contributed by atoms with Crippen molar-refractivity contribution in [3.05, 3.63) is 65.5 Å². The van der Waals surface area contributed by atoms with Gasteiger partial charge < -0.3 is 19.2 Å². The summed E-state index contributed by atoms with van der Waals surface area (Å²) < 4.78 is 26.7. The number of aryl methyl sites for hydroxylation is 2. The van der Waals surface area contributed by atoms with Crippen LogP contribution >= 0.6 is 8.38 Å². The third-order valence-corrected chi connectivity index (χ3v) is 5.21. The zero-order valence-electron chi connectivity index (χ0n) is 18.7. The summed E-state index contributed by atoms with van der Waals surface area (Å²) in [6, 6.07) is 4.21. The maximum Gasteiger partial charge on any atom is 0.293 e. The summed E-state index contributed by atoms with van der Waals surface area (Å²) >= 11 is 0. The Hall–Kier alpha value is -3.64. The first-order valence-corrected chi connectivity index (χ1v) is 11.9. The second-order valence-electron chi connectivity index (χ2n) is 7.32. The largest absolute Gasteiger partial charge is 0.436 e. The molecule has 1 amide bonds. The smallest absolute Gasteiger partial charge is 0.293 e. The van der Waals surface area contributed by atoms with E-state index in [2.05, 4.69) is 32.1 Å². The number of amides is 1. The molecule has 0 radical (unpaired) electrons. The lowest BCUT2D eigenvalue weighted by molar-refractivity contribution is 0.0994. The fourth-order valence-electron chi connectivity index (χ4n) is 3.20. The SMILES string of the molecule is Cc1nc(C)c(C(=O)Nc2ccc(F)c(-c3cn4cc(C#CCCOP(C)O)cnc4n3)c2)o1. The van der Waals surface area contributed by atoms with E-state index in [0.29, 0.717) is 47.3 Å². The number of aromatic nitrogens is 4. The van der Waals surface area contributed by atoms with Gasteiger partial charge in [-0.2, -0.15) is 0 Å². The minimum Gasteiger partial charge on any atom is -0.436 e. The van der Waals surface area contributed by atoms with Gasteiger partial charge in [0.2, 0.25) is 11.5 Å². The first-order valence-electron chi connectivity index (χ1n) is 10.2. The lowest BCUT2D eigenvalue weighted by Crippen LogP contribution is -2.12. The molecule has 0 aliphatic heterocycles. The van der Waals surface area contributed by atoms with Crippen LogP contribution in [0.5, 0.6) is 0 Å². The van der Waals surface area contributed by atoms with Gasteiger partial charge in [-0.1, -0.05) is 11.8 Å². The van der Waals surface area contributed by atoms with Crippen molar-refractivity contribution in [2.45, 2.75) is 20.3 Å². The highest BCUT2D eigenvalue weighted by Crippen LogP contribution is 2.26. The molecule has 0 saturated heterocycles. The van der Waals surface area contributed by atoms with Gasteiger partial charge in [-0.15, -0.1) is 0 Å². The fraction of sp³-hybridized carbons (Fsp3) is 0.217. The van der Waals surface area contributed by atoms with Crippen molar-refractivity contribution >= 4 is 25.7 Å². The van der Waals surface area contributed by atoms with E-state index in [0.717, 1.165) is 0 Å². The number of hydrogen-bond acceptors (Lipinski definition) is 7. The maximum absolute atomic E-state index is 14.6. The van der Waals surface area contributed by atoms with E-state index in [-0.39, 0.29) is 11.3 Å². The van der Waals surface area contributed by atoms with Crippen molar-refractivity contribution in [2.75, 3.05) is 18.6 Å². The molecule has 34 heavy (non-hydrogen) atoms. The van der Waals surface area contributed by atoms with Crippen molar-refractivity contribution in [3.63, 3.8) is 0 Å². The quantitative estimate of drug-likeness (QED) is 0.242. The van der Waals surface area contributed by atoms with Gasteiger partial charge in [0.1, 0.15) is 5.82 Å². The predicted octanol–water partition coefficient (Wildman–Crippen LogP) is 4.08. The van der Waals surface area contributed by atoms with Crippen LogP contribution in [0.2, 0.25) is 0 Å².